The third kappa shape index (κ3) is 3.18. The number of hydrogen-bond acceptors (Lipinski definition) is 3. The summed E-state index contributed by atoms with van der Waals surface area (Å²) in [6.45, 7) is 4.21. The zero-order chi connectivity index (χ0) is 14.7. The Bertz CT molecular complexity index is 614. The topological polar surface area (TPSA) is 49.7 Å². The Kier molecular flexibility index (Phi) is 4.42. The number of rotatable bonds is 4. The SMILES string of the molecule is Cc1cccc(OCc2ccc(F)c(B(O)O)c2)c1C. The fraction of sp³-hybridized carbons (Fsp3) is 0.200. The minimum absolute atomic E-state index is 0.146. The van der Waals surface area contributed by atoms with E-state index >= 15 is 0 Å². The van der Waals surface area contributed by atoms with Gasteiger partial charge in [0.15, 0.2) is 0 Å². The zero-order valence-corrected chi connectivity index (χ0v) is 11.4. The van der Waals surface area contributed by atoms with Gasteiger partial charge in [0.25, 0.3) is 0 Å². The lowest BCUT2D eigenvalue weighted by molar-refractivity contribution is 0.303. The van der Waals surface area contributed by atoms with E-state index in [2.05, 4.69) is 0 Å². The normalized spacial score (nSPS) is 10.4. The first-order valence-electron chi connectivity index (χ1n) is 6.32. The predicted molar refractivity (Wildman–Crippen MR) is 76.5 cm³/mol. The second kappa shape index (κ2) is 6.07. The summed E-state index contributed by atoms with van der Waals surface area (Å²) < 4.78 is 19.0. The minimum atomic E-state index is -1.82. The van der Waals surface area contributed by atoms with Gasteiger partial charge in [0.05, 0.1) is 0 Å². The Morgan fingerprint density at radius 3 is 2.60 bits per heavy atom. The molecule has 2 N–H and O–H groups in total. The quantitative estimate of drug-likeness (QED) is 0.834. The van der Waals surface area contributed by atoms with Crippen molar-refractivity contribution in [3.63, 3.8) is 0 Å². The van der Waals surface area contributed by atoms with Crippen LogP contribution in [0.5, 0.6) is 5.75 Å². The summed E-state index contributed by atoms with van der Waals surface area (Å²) in [5, 5.41) is 18.1. The molecule has 0 aliphatic carbocycles. The highest BCUT2D eigenvalue weighted by Gasteiger charge is 2.17. The molecule has 0 aliphatic rings. The van der Waals surface area contributed by atoms with Gasteiger partial charge < -0.3 is 14.8 Å². The molecule has 0 fully saturated rings. The first-order chi connectivity index (χ1) is 9.49. The van der Waals surface area contributed by atoms with Crippen LogP contribution >= 0.6 is 0 Å². The fourth-order valence-electron chi connectivity index (χ4n) is 1.92. The van der Waals surface area contributed by atoms with E-state index in [0.717, 1.165) is 16.9 Å². The van der Waals surface area contributed by atoms with Crippen molar-refractivity contribution >= 4 is 12.6 Å². The van der Waals surface area contributed by atoms with E-state index in [1.54, 1.807) is 6.07 Å². The molecule has 3 nitrogen and oxygen atoms in total. The van der Waals surface area contributed by atoms with Crippen LogP contribution in [0.25, 0.3) is 0 Å². The van der Waals surface area contributed by atoms with E-state index in [9.17, 15) is 4.39 Å². The molecule has 0 radical (unpaired) electrons. The summed E-state index contributed by atoms with van der Waals surface area (Å²) >= 11 is 0. The summed E-state index contributed by atoms with van der Waals surface area (Å²) in [5.41, 5.74) is 2.72. The molecule has 0 aromatic heterocycles. The van der Waals surface area contributed by atoms with E-state index in [0.29, 0.717) is 5.56 Å². The Balaban J connectivity index is 2.15. The van der Waals surface area contributed by atoms with E-state index in [4.69, 9.17) is 14.8 Å². The van der Waals surface area contributed by atoms with Gasteiger partial charge in [0.2, 0.25) is 0 Å². The van der Waals surface area contributed by atoms with Crippen LogP contribution in [0.1, 0.15) is 16.7 Å². The summed E-state index contributed by atoms with van der Waals surface area (Å²) in [4.78, 5) is 0. The van der Waals surface area contributed by atoms with Crippen LogP contribution in [0.3, 0.4) is 0 Å². The lowest BCUT2D eigenvalue weighted by Gasteiger charge is -2.12. The van der Waals surface area contributed by atoms with E-state index in [1.807, 2.05) is 32.0 Å². The van der Waals surface area contributed by atoms with Crippen LogP contribution in [-0.2, 0) is 6.61 Å². The second-order valence-electron chi connectivity index (χ2n) is 4.72. The smallest absolute Gasteiger partial charge is 0.489 e. The summed E-state index contributed by atoms with van der Waals surface area (Å²) in [5.74, 6) is 0.121. The van der Waals surface area contributed by atoms with Crippen molar-refractivity contribution in [2.75, 3.05) is 0 Å². The molecule has 2 aromatic rings. The maximum atomic E-state index is 13.3. The van der Waals surface area contributed by atoms with E-state index in [1.165, 1.54) is 12.1 Å². The van der Waals surface area contributed by atoms with Gasteiger partial charge in [-0.05, 0) is 42.7 Å². The lowest BCUT2D eigenvalue weighted by atomic mass is 9.79. The zero-order valence-electron chi connectivity index (χ0n) is 11.4. The van der Waals surface area contributed by atoms with Crippen LogP contribution in [-0.4, -0.2) is 17.2 Å². The van der Waals surface area contributed by atoms with Crippen molar-refractivity contribution in [2.45, 2.75) is 20.5 Å². The summed E-state index contributed by atoms with van der Waals surface area (Å²) in [6, 6.07) is 9.94. The summed E-state index contributed by atoms with van der Waals surface area (Å²) in [6.07, 6.45) is 0. The predicted octanol–water partition coefficient (Wildman–Crippen LogP) is 1.70. The van der Waals surface area contributed by atoms with Gasteiger partial charge >= 0.3 is 7.12 Å². The Morgan fingerprint density at radius 1 is 1.15 bits per heavy atom. The standard InChI is InChI=1S/C15H16BFO3/c1-10-4-3-5-15(11(10)2)20-9-12-6-7-14(17)13(8-12)16(18)19/h3-8,18-19H,9H2,1-2H3. The van der Waals surface area contributed by atoms with Gasteiger partial charge in [-0.2, -0.15) is 0 Å². The highest BCUT2D eigenvalue weighted by atomic mass is 19.1. The summed E-state index contributed by atoms with van der Waals surface area (Å²) in [7, 11) is -1.82. The molecule has 104 valence electrons. The molecule has 0 heterocycles. The molecule has 0 bridgehead atoms. The average molecular weight is 274 g/mol. The molecule has 0 atom stereocenters. The molecule has 0 amide bonds. The third-order valence-corrected chi connectivity index (χ3v) is 3.29. The Morgan fingerprint density at radius 2 is 1.90 bits per heavy atom. The number of aryl methyl sites for hydroxylation is 1. The van der Waals surface area contributed by atoms with Crippen molar-refractivity contribution in [1.82, 2.24) is 0 Å². The lowest BCUT2D eigenvalue weighted by Crippen LogP contribution is -2.33. The van der Waals surface area contributed by atoms with Crippen LogP contribution in [0, 0.1) is 19.7 Å². The first kappa shape index (κ1) is 14.6. The number of halogens is 1. The fourth-order valence-corrected chi connectivity index (χ4v) is 1.92. The van der Waals surface area contributed by atoms with Gasteiger partial charge in [-0.3, -0.25) is 0 Å². The number of benzene rings is 2. The Labute approximate surface area is 117 Å². The molecular formula is C15H16BFO3. The molecule has 2 aromatic carbocycles. The van der Waals surface area contributed by atoms with Crippen LogP contribution in [0.15, 0.2) is 36.4 Å². The van der Waals surface area contributed by atoms with E-state index < -0.39 is 12.9 Å². The average Bonchev–Trinajstić information content (AvgIpc) is 2.41. The van der Waals surface area contributed by atoms with Crippen LogP contribution in [0.4, 0.5) is 4.39 Å². The van der Waals surface area contributed by atoms with Gasteiger partial charge in [-0.1, -0.05) is 24.3 Å². The minimum Gasteiger partial charge on any atom is -0.489 e. The monoisotopic (exact) mass is 274 g/mol. The van der Waals surface area contributed by atoms with Crippen molar-refractivity contribution in [3.8, 4) is 5.75 Å². The molecule has 0 saturated heterocycles. The molecule has 0 unspecified atom stereocenters. The molecule has 0 saturated carbocycles. The maximum Gasteiger partial charge on any atom is 0.491 e. The molecule has 20 heavy (non-hydrogen) atoms. The third-order valence-electron chi connectivity index (χ3n) is 3.29. The largest absolute Gasteiger partial charge is 0.491 e. The van der Waals surface area contributed by atoms with Gasteiger partial charge in [-0.15, -0.1) is 0 Å². The van der Waals surface area contributed by atoms with E-state index in [-0.39, 0.29) is 12.1 Å². The highest BCUT2D eigenvalue weighted by molar-refractivity contribution is 6.58. The molecule has 0 spiro atoms. The molecule has 2 rings (SSSR count). The number of hydrogen-bond donors (Lipinski definition) is 2. The van der Waals surface area contributed by atoms with Crippen molar-refractivity contribution < 1.29 is 19.2 Å². The van der Waals surface area contributed by atoms with Crippen LogP contribution in [0.2, 0.25) is 0 Å². The van der Waals surface area contributed by atoms with Gasteiger partial charge in [-0.25, -0.2) is 4.39 Å². The first-order valence-corrected chi connectivity index (χ1v) is 6.32. The van der Waals surface area contributed by atoms with Gasteiger partial charge in [0, 0.05) is 5.46 Å². The molecule has 5 heteroatoms. The van der Waals surface area contributed by atoms with Crippen molar-refractivity contribution in [1.29, 1.82) is 0 Å². The van der Waals surface area contributed by atoms with Crippen molar-refractivity contribution in [2.24, 2.45) is 0 Å². The highest BCUT2D eigenvalue weighted by Crippen LogP contribution is 2.21. The number of ether oxygens (including phenoxy) is 1. The molecular weight excluding hydrogens is 258 g/mol. The maximum absolute atomic E-state index is 13.3. The second-order valence-corrected chi connectivity index (χ2v) is 4.72. The van der Waals surface area contributed by atoms with Crippen molar-refractivity contribution in [3.05, 3.63) is 58.9 Å². The van der Waals surface area contributed by atoms with Crippen LogP contribution < -0.4 is 10.2 Å². The Hall–Kier alpha value is -1.85. The van der Waals surface area contributed by atoms with Gasteiger partial charge in [0.1, 0.15) is 18.2 Å². The molecule has 0 aliphatic heterocycles.